The molecule has 0 radical (unpaired) electrons. The topological polar surface area (TPSA) is 163 Å². The normalized spacial score (nSPS) is 41.0. The quantitative estimate of drug-likeness (QED) is 0.261. The second-order valence-corrected chi connectivity index (χ2v) is 7.86. The summed E-state index contributed by atoms with van der Waals surface area (Å²) < 4.78 is 16.3. The lowest BCUT2D eigenvalue weighted by Gasteiger charge is -2.45. The Morgan fingerprint density at radius 2 is 1.93 bits per heavy atom. The minimum absolute atomic E-state index is 0.273. The third-order valence-electron chi connectivity index (χ3n) is 6.04. The first kappa shape index (κ1) is 22.9. The van der Waals surface area contributed by atoms with E-state index in [4.69, 9.17) is 14.2 Å². The number of methoxy groups -OCH3 is 1. The average Bonchev–Trinajstić information content (AvgIpc) is 2.86. The van der Waals surface area contributed by atoms with Crippen LogP contribution in [0.1, 0.15) is 19.3 Å². The van der Waals surface area contributed by atoms with Gasteiger partial charge in [-0.05, 0) is 12.8 Å². The maximum Gasteiger partial charge on any atom is 0.333 e. The molecule has 30 heavy (non-hydrogen) atoms. The van der Waals surface area contributed by atoms with Crippen molar-refractivity contribution in [2.24, 2.45) is 17.8 Å². The number of esters is 1. The molecule has 5 N–H and O–H groups in total. The van der Waals surface area contributed by atoms with E-state index in [9.17, 15) is 35.1 Å². The number of allylic oxidation sites excluding steroid dienone is 1. The van der Waals surface area contributed by atoms with Gasteiger partial charge in [0.1, 0.15) is 24.4 Å². The monoisotopic (exact) mass is 428 g/mol. The number of rotatable bonds is 6. The molecule has 0 amide bonds. The molecule has 1 heterocycles. The SMILES string of the molecule is COC(=O)C1=C[C@@H]2CCC=C[C@@H]([C@@H]2O[C@@H]2O[C@H](CO)[C@@H](O)[C@H](O)[C@H]2O)[C@@H]1CC(=O)O. The second kappa shape index (κ2) is 9.54. The lowest BCUT2D eigenvalue weighted by molar-refractivity contribution is -0.318. The molecule has 1 aliphatic heterocycles. The maximum absolute atomic E-state index is 12.3. The van der Waals surface area contributed by atoms with Crippen LogP contribution in [-0.2, 0) is 23.8 Å². The van der Waals surface area contributed by atoms with E-state index in [2.05, 4.69) is 0 Å². The standard InChI is InChI=1S/C20H28O10/c1-28-19(27)12-6-9-4-2-3-5-10(11(12)7-14(22)23)18(9)30-20-17(26)16(25)15(24)13(8-21)29-20/h3,5-6,9-11,13,15-18,20-21,24-26H,2,4,7-8H2,1H3,(H,22,23)/t9-,10+,11-,13+,15+,16-,17+,18+,20-/m0/s1. The third-order valence-corrected chi connectivity index (χ3v) is 6.04. The van der Waals surface area contributed by atoms with Crippen molar-refractivity contribution < 1.29 is 49.3 Å². The average molecular weight is 428 g/mol. The number of aliphatic hydroxyl groups is 4. The zero-order chi connectivity index (χ0) is 22.0. The fourth-order valence-electron chi connectivity index (χ4n) is 4.50. The van der Waals surface area contributed by atoms with Gasteiger partial charge in [0.15, 0.2) is 6.29 Å². The number of carboxylic acid groups (broad SMARTS) is 1. The van der Waals surface area contributed by atoms with E-state index >= 15 is 0 Å². The number of aliphatic carboxylic acids is 1. The zero-order valence-corrected chi connectivity index (χ0v) is 16.5. The molecule has 0 aromatic rings. The van der Waals surface area contributed by atoms with Crippen molar-refractivity contribution in [2.45, 2.75) is 56.1 Å². The maximum atomic E-state index is 12.3. The molecule has 2 aliphatic carbocycles. The van der Waals surface area contributed by atoms with Crippen LogP contribution in [0.2, 0.25) is 0 Å². The Balaban J connectivity index is 1.92. The van der Waals surface area contributed by atoms with Crippen LogP contribution in [0.4, 0.5) is 0 Å². The predicted octanol–water partition coefficient (Wildman–Crippen LogP) is -1.04. The largest absolute Gasteiger partial charge is 0.481 e. The first-order valence-corrected chi connectivity index (χ1v) is 9.93. The summed E-state index contributed by atoms with van der Waals surface area (Å²) in [5, 5.41) is 49.1. The highest BCUT2D eigenvalue weighted by molar-refractivity contribution is 5.90. The predicted molar refractivity (Wildman–Crippen MR) is 99.8 cm³/mol. The molecule has 3 rings (SSSR count). The molecule has 1 fully saturated rings. The summed E-state index contributed by atoms with van der Waals surface area (Å²) in [4.78, 5) is 23.8. The van der Waals surface area contributed by atoms with Crippen LogP contribution in [0.25, 0.3) is 0 Å². The van der Waals surface area contributed by atoms with Gasteiger partial charge in [-0.15, -0.1) is 0 Å². The highest BCUT2D eigenvalue weighted by Crippen LogP contribution is 2.43. The number of fused-ring (bicyclic) bond motifs is 2. The van der Waals surface area contributed by atoms with Crippen LogP contribution in [0.3, 0.4) is 0 Å². The molecule has 1 saturated heterocycles. The summed E-state index contributed by atoms with van der Waals surface area (Å²) in [5.74, 6) is -3.21. The molecule has 9 atom stereocenters. The smallest absolute Gasteiger partial charge is 0.333 e. The van der Waals surface area contributed by atoms with Crippen LogP contribution >= 0.6 is 0 Å². The van der Waals surface area contributed by atoms with Crippen molar-refractivity contribution in [3.63, 3.8) is 0 Å². The molecule has 3 aliphatic rings. The van der Waals surface area contributed by atoms with Crippen molar-refractivity contribution in [2.75, 3.05) is 13.7 Å². The van der Waals surface area contributed by atoms with Crippen LogP contribution in [-0.4, -0.2) is 88.0 Å². The minimum atomic E-state index is -1.59. The number of ether oxygens (including phenoxy) is 3. The zero-order valence-electron chi connectivity index (χ0n) is 16.5. The summed E-state index contributed by atoms with van der Waals surface area (Å²) in [6.07, 6.45) is -1.45. The highest BCUT2D eigenvalue weighted by Gasteiger charge is 2.49. The van der Waals surface area contributed by atoms with Gasteiger partial charge >= 0.3 is 11.9 Å². The Morgan fingerprint density at radius 1 is 1.20 bits per heavy atom. The van der Waals surface area contributed by atoms with Crippen molar-refractivity contribution in [1.29, 1.82) is 0 Å². The van der Waals surface area contributed by atoms with Gasteiger partial charge in [-0.1, -0.05) is 18.2 Å². The van der Waals surface area contributed by atoms with Crippen LogP contribution in [0.5, 0.6) is 0 Å². The number of carbonyl (C=O) groups excluding carboxylic acids is 1. The van der Waals surface area contributed by atoms with Crippen LogP contribution in [0.15, 0.2) is 23.8 Å². The molecule has 10 nitrogen and oxygen atoms in total. The highest BCUT2D eigenvalue weighted by atomic mass is 16.7. The fraction of sp³-hybridized carbons (Fsp3) is 0.700. The molecule has 0 unspecified atom stereocenters. The Morgan fingerprint density at radius 3 is 2.57 bits per heavy atom. The molecule has 0 aromatic heterocycles. The Kier molecular flexibility index (Phi) is 7.27. The fourth-order valence-corrected chi connectivity index (χ4v) is 4.50. The molecule has 0 saturated carbocycles. The van der Waals surface area contributed by atoms with Gasteiger partial charge in [0.25, 0.3) is 0 Å². The first-order chi connectivity index (χ1) is 14.3. The molecule has 0 spiro atoms. The van der Waals surface area contributed by atoms with Crippen molar-refractivity contribution >= 4 is 11.9 Å². The summed E-state index contributed by atoms with van der Waals surface area (Å²) >= 11 is 0. The molecule has 168 valence electrons. The van der Waals surface area contributed by atoms with Gasteiger partial charge in [-0.3, -0.25) is 4.79 Å². The van der Waals surface area contributed by atoms with E-state index in [-0.39, 0.29) is 17.9 Å². The first-order valence-electron chi connectivity index (χ1n) is 9.93. The van der Waals surface area contributed by atoms with Crippen molar-refractivity contribution in [1.82, 2.24) is 0 Å². The minimum Gasteiger partial charge on any atom is -0.481 e. The van der Waals surface area contributed by atoms with E-state index in [0.29, 0.717) is 12.8 Å². The summed E-state index contributed by atoms with van der Waals surface area (Å²) in [6.45, 7) is -0.587. The molecule has 10 heteroatoms. The molecular weight excluding hydrogens is 400 g/mol. The Hall–Kier alpha value is -1.82. The number of hydrogen-bond donors (Lipinski definition) is 5. The molecule has 2 bridgehead atoms. The van der Waals surface area contributed by atoms with Gasteiger partial charge in [0, 0.05) is 23.3 Å². The van der Waals surface area contributed by atoms with E-state index in [1.165, 1.54) is 7.11 Å². The van der Waals surface area contributed by atoms with E-state index < -0.39 is 67.2 Å². The van der Waals surface area contributed by atoms with Gasteiger partial charge in [0.2, 0.25) is 0 Å². The third kappa shape index (κ3) is 4.43. The van der Waals surface area contributed by atoms with Crippen LogP contribution in [0, 0.1) is 17.8 Å². The number of carboxylic acids is 1. The molecular formula is C20H28O10. The van der Waals surface area contributed by atoms with E-state index in [1.807, 2.05) is 6.08 Å². The lowest BCUT2D eigenvalue weighted by Crippen LogP contribution is -2.60. The Bertz CT molecular complexity index is 702. The van der Waals surface area contributed by atoms with Gasteiger partial charge in [-0.25, -0.2) is 4.79 Å². The van der Waals surface area contributed by atoms with Crippen molar-refractivity contribution in [3.05, 3.63) is 23.8 Å². The second-order valence-electron chi connectivity index (χ2n) is 7.86. The summed E-state index contributed by atoms with van der Waals surface area (Å²) in [7, 11) is 1.23. The van der Waals surface area contributed by atoms with Crippen molar-refractivity contribution in [3.8, 4) is 0 Å². The molecule has 0 aromatic carbocycles. The lowest BCUT2D eigenvalue weighted by atomic mass is 9.70. The number of aliphatic hydroxyl groups excluding tert-OH is 4. The van der Waals surface area contributed by atoms with Crippen LogP contribution < -0.4 is 0 Å². The van der Waals surface area contributed by atoms with E-state index in [1.54, 1.807) is 12.2 Å². The van der Waals surface area contributed by atoms with Gasteiger partial charge in [-0.2, -0.15) is 0 Å². The number of carbonyl (C=O) groups is 2. The van der Waals surface area contributed by atoms with Gasteiger partial charge in [0.05, 0.1) is 26.2 Å². The summed E-state index contributed by atoms with van der Waals surface area (Å²) in [6, 6.07) is 0. The summed E-state index contributed by atoms with van der Waals surface area (Å²) in [5.41, 5.74) is 0.273. The van der Waals surface area contributed by atoms with Gasteiger partial charge < -0.3 is 39.7 Å². The number of hydrogen-bond acceptors (Lipinski definition) is 9. The Labute approximate surface area is 173 Å². The van der Waals surface area contributed by atoms with E-state index in [0.717, 1.165) is 0 Å².